The Morgan fingerprint density at radius 2 is 0.772 bits per heavy atom. The highest BCUT2D eigenvalue weighted by molar-refractivity contribution is 6.14. The van der Waals surface area contributed by atoms with Crippen molar-refractivity contribution in [3.8, 4) is 33.4 Å². The van der Waals surface area contributed by atoms with Gasteiger partial charge in [-0.3, -0.25) is 0 Å². The maximum Gasteiger partial charge on any atom is 0.0546 e. The fourth-order valence-electron chi connectivity index (χ4n) is 8.85. The van der Waals surface area contributed by atoms with Crippen LogP contribution < -0.4 is 4.90 Å². The van der Waals surface area contributed by atoms with Crippen LogP contribution in [0.3, 0.4) is 0 Å². The molecule has 0 radical (unpaired) electrons. The molecular formula is C56H37N. The van der Waals surface area contributed by atoms with Gasteiger partial charge in [0.25, 0.3) is 0 Å². The van der Waals surface area contributed by atoms with Crippen LogP contribution in [0.2, 0.25) is 0 Å². The third-order valence-electron chi connectivity index (χ3n) is 11.6. The van der Waals surface area contributed by atoms with Gasteiger partial charge in [-0.15, -0.1) is 0 Å². The summed E-state index contributed by atoms with van der Waals surface area (Å²) < 4.78 is 0. The molecule has 57 heavy (non-hydrogen) atoms. The first-order chi connectivity index (χ1) is 28.3. The highest BCUT2D eigenvalue weighted by Crippen LogP contribution is 2.46. The molecule has 0 aliphatic rings. The number of benzene rings is 11. The Morgan fingerprint density at radius 3 is 1.56 bits per heavy atom. The first kappa shape index (κ1) is 32.9. The van der Waals surface area contributed by atoms with E-state index in [2.05, 4.69) is 229 Å². The summed E-state index contributed by atoms with van der Waals surface area (Å²) >= 11 is 0. The van der Waals surface area contributed by atoms with E-state index in [4.69, 9.17) is 0 Å². The molecular weight excluding hydrogens is 687 g/mol. The Balaban J connectivity index is 1.13. The van der Waals surface area contributed by atoms with Crippen LogP contribution >= 0.6 is 0 Å². The molecule has 0 saturated carbocycles. The number of anilines is 3. The van der Waals surface area contributed by atoms with Crippen molar-refractivity contribution in [2.24, 2.45) is 0 Å². The Bertz CT molecular complexity index is 3280. The van der Waals surface area contributed by atoms with Crippen molar-refractivity contribution in [2.45, 2.75) is 0 Å². The molecule has 266 valence electrons. The van der Waals surface area contributed by atoms with Crippen molar-refractivity contribution in [3.63, 3.8) is 0 Å². The second-order valence-electron chi connectivity index (χ2n) is 14.9. The summed E-state index contributed by atoms with van der Waals surface area (Å²) in [5, 5.41) is 12.5. The largest absolute Gasteiger partial charge is 0.309 e. The molecule has 0 saturated heterocycles. The van der Waals surface area contributed by atoms with Crippen molar-refractivity contribution in [3.05, 3.63) is 224 Å². The van der Waals surface area contributed by atoms with Crippen molar-refractivity contribution in [2.75, 3.05) is 4.90 Å². The number of hydrogen-bond acceptors (Lipinski definition) is 1. The second-order valence-corrected chi connectivity index (χ2v) is 14.9. The zero-order valence-corrected chi connectivity index (χ0v) is 31.3. The molecule has 0 N–H and O–H groups in total. The van der Waals surface area contributed by atoms with Gasteiger partial charge in [-0.05, 0) is 113 Å². The SMILES string of the molecule is c1ccc(-c2ccc(-c3cc4ccccc4c4ccccc34)cc2N(c2ccc(-c3ccc4c(ccc5ccccc54)c3)cc2)c2cccc3ccccc23)cc1. The fourth-order valence-corrected chi connectivity index (χ4v) is 8.85. The van der Waals surface area contributed by atoms with Crippen LogP contribution in [0.1, 0.15) is 0 Å². The highest BCUT2D eigenvalue weighted by atomic mass is 15.1. The zero-order valence-electron chi connectivity index (χ0n) is 31.3. The lowest BCUT2D eigenvalue weighted by Gasteiger charge is -2.30. The lowest BCUT2D eigenvalue weighted by Crippen LogP contribution is -2.12. The Hall–Kier alpha value is -7.48. The molecule has 11 aromatic rings. The summed E-state index contributed by atoms with van der Waals surface area (Å²) in [5.74, 6) is 0. The molecule has 0 aliphatic carbocycles. The van der Waals surface area contributed by atoms with Crippen LogP contribution in [0.5, 0.6) is 0 Å². The predicted octanol–water partition coefficient (Wildman–Crippen LogP) is 15.9. The molecule has 1 nitrogen and oxygen atoms in total. The summed E-state index contributed by atoms with van der Waals surface area (Å²) in [6, 6.07) is 82.2. The minimum absolute atomic E-state index is 1.10. The topological polar surface area (TPSA) is 3.24 Å². The Labute approximate surface area is 332 Å². The average molecular weight is 724 g/mol. The van der Waals surface area contributed by atoms with E-state index in [0.717, 1.165) is 17.1 Å². The van der Waals surface area contributed by atoms with Gasteiger partial charge in [0, 0.05) is 16.6 Å². The molecule has 1 heteroatoms. The van der Waals surface area contributed by atoms with Crippen LogP contribution in [-0.4, -0.2) is 0 Å². The van der Waals surface area contributed by atoms with Crippen LogP contribution in [-0.2, 0) is 0 Å². The van der Waals surface area contributed by atoms with E-state index in [9.17, 15) is 0 Å². The molecule has 0 amide bonds. The standard InChI is InChI=1S/C56H37N/c1-2-13-39(14-3-1)51-34-30-45(54-36-43-17-6-8-20-48(43)52-22-10-11-23-53(52)54)37-56(51)57(55-24-12-18-40-15-5-9-21-50(40)55)46-31-27-38(28-32-46)42-29-33-49-44(35-42)26-25-41-16-4-7-19-47(41)49/h1-37H. The third-order valence-corrected chi connectivity index (χ3v) is 11.6. The minimum atomic E-state index is 1.10. The van der Waals surface area contributed by atoms with Crippen LogP contribution in [0.25, 0.3) is 87.2 Å². The molecule has 0 fully saturated rings. The Morgan fingerprint density at radius 1 is 0.228 bits per heavy atom. The first-order valence-corrected chi connectivity index (χ1v) is 19.7. The van der Waals surface area contributed by atoms with E-state index in [1.807, 2.05) is 0 Å². The summed E-state index contributed by atoms with van der Waals surface area (Å²) in [6.45, 7) is 0. The van der Waals surface area contributed by atoms with E-state index in [-0.39, 0.29) is 0 Å². The van der Waals surface area contributed by atoms with Gasteiger partial charge in [0.15, 0.2) is 0 Å². The van der Waals surface area contributed by atoms with E-state index < -0.39 is 0 Å². The lowest BCUT2D eigenvalue weighted by molar-refractivity contribution is 1.30. The molecule has 0 aliphatic heterocycles. The monoisotopic (exact) mass is 723 g/mol. The molecule has 11 aromatic carbocycles. The number of fused-ring (bicyclic) bond motifs is 7. The van der Waals surface area contributed by atoms with Gasteiger partial charge in [-0.2, -0.15) is 0 Å². The van der Waals surface area contributed by atoms with Crippen molar-refractivity contribution >= 4 is 70.9 Å². The van der Waals surface area contributed by atoms with E-state index >= 15 is 0 Å². The fraction of sp³-hybridized carbons (Fsp3) is 0. The second kappa shape index (κ2) is 13.7. The van der Waals surface area contributed by atoms with Crippen LogP contribution in [0.4, 0.5) is 17.1 Å². The van der Waals surface area contributed by atoms with E-state index in [1.165, 1.54) is 87.2 Å². The van der Waals surface area contributed by atoms with E-state index in [1.54, 1.807) is 0 Å². The third kappa shape index (κ3) is 5.72. The first-order valence-electron chi connectivity index (χ1n) is 19.7. The maximum atomic E-state index is 2.47. The normalized spacial score (nSPS) is 11.5. The summed E-state index contributed by atoms with van der Waals surface area (Å²) in [5.41, 5.74) is 10.5. The van der Waals surface area contributed by atoms with Gasteiger partial charge in [0.1, 0.15) is 0 Å². The summed E-state index contributed by atoms with van der Waals surface area (Å²) in [4.78, 5) is 2.47. The van der Waals surface area contributed by atoms with Gasteiger partial charge < -0.3 is 4.90 Å². The minimum Gasteiger partial charge on any atom is -0.309 e. The van der Waals surface area contributed by atoms with Gasteiger partial charge >= 0.3 is 0 Å². The number of rotatable bonds is 6. The Kier molecular flexibility index (Phi) is 7.89. The molecule has 0 atom stereocenters. The van der Waals surface area contributed by atoms with Crippen molar-refractivity contribution in [1.82, 2.24) is 0 Å². The van der Waals surface area contributed by atoms with Gasteiger partial charge in [-0.1, -0.05) is 188 Å². The number of nitrogens with zero attached hydrogens (tertiary/aromatic N) is 1. The van der Waals surface area contributed by atoms with Crippen LogP contribution in [0, 0.1) is 0 Å². The lowest BCUT2D eigenvalue weighted by atomic mass is 9.91. The summed E-state index contributed by atoms with van der Waals surface area (Å²) in [7, 11) is 0. The van der Waals surface area contributed by atoms with Gasteiger partial charge in [0.2, 0.25) is 0 Å². The maximum absolute atomic E-state index is 2.47. The molecule has 0 aromatic heterocycles. The molecule has 0 bridgehead atoms. The molecule has 11 rings (SSSR count). The molecule has 0 heterocycles. The zero-order chi connectivity index (χ0) is 37.7. The van der Waals surface area contributed by atoms with Crippen LogP contribution in [0.15, 0.2) is 224 Å². The summed E-state index contributed by atoms with van der Waals surface area (Å²) in [6.07, 6.45) is 0. The van der Waals surface area contributed by atoms with Gasteiger partial charge in [-0.25, -0.2) is 0 Å². The van der Waals surface area contributed by atoms with E-state index in [0.29, 0.717) is 0 Å². The number of hydrogen-bond donors (Lipinski definition) is 0. The molecule has 0 unspecified atom stereocenters. The smallest absolute Gasteiger partial charge is 0.0546 e. The predicted molar refractivity (Wildman–Crippen MR) is 245 cm³/mol. The average Bonchev–Trinajstić information content (AvgIpc) is 3.29. The van der Waals surface area contributed by atoms with Crippen molar-refractivity contribution < 1.29 is 0 Å². The quantitative estimate of drug-likeness (QED) is 0.154. The van der Waals surface area contributed by atoms with Crippen molar-refractivity contribution in [1.29, 1.82) is 0 Å². The molecule has 0 spiro atoms. The highest BCUT2D eigenvalue weighted by Gasteiger charge is 2.21. The van der Waals surface area contributed by atoms with Gasteiger partial charge in [0.05, 0.1) is 11.4 Å².